The van der Waals surface area contributed by atoms with E-state index in [0.29, 0.717) is 5.67 Å². The Balaban J connectivity index is 2.73. The lowest BCUT2D eigenvalue weighted by molar-refractivity contribution is 0.560. The van der Waals surface area contributed by atoms with Crippen LogP contribution < -0.4 is 0 Å². The third-order valence-electron chi connectivity index (χ3n) is 3.86. The van der Waals surface area contributed by atoms with Crippen molar-refractivity contribution < 1.29 is 4.79 Å². The molecular weight excluding hydrogens is 190 g/mol. The van der Waals surface area contributed by atoms with Gasteiger partial charge in [0.1, 0.15) is 0 Å². The highest BCUT2D eigenvalue weighted by atomic mass is 28.3. The Morgan fingerprint density at radius 2 is 2.00 bits per heavy atom. The van der Waals surface area contributed by atoms with E-state index in [1.54, 1.807) is 6.08 Å². The van der Waals surface area contributed by atoms with E-state index in [2.05, 4.69) is 25.0 Å². The third kappa shape index (κ3) is 2.34. The molecule has 0 spiro atoms. The molecule has 1 aliphatic rings. The average molecular weight is 211 g/mol. The number of hydrogen-bond donors (Lipinski definition) is 0. The van der Waals surface area contributed by atoms with Gasteiger partial charge >= 0.3 is 0 Å². The summed E-state index contributed by atoms with van der Waals surface area (Å²) in [6, 6.07) is 0. The normalized spacial score (nSPS) is 20.5. The molecule has 80 valence electrons. The van der Waals surface area contributed by atoms with E-state index in [1.807, 2.05) is 0 Å². The van der Waals surface area contributed by atoms with Gasteiger partial charge in [0, 0.05) is 0 Å². The Morgan fingerprint density at radius 3 is 2.43 bits per heavy atom. The minimum absolute atomic E-state index is 0.295. The molecule has 0 N–H and O–H groups in total. The van der Waals surface area contributed by atoms with Gasteiger partial charge in [-0.15, -0.1) is 0 Å². The van der Waals surface area contributed by atoms with E-state index in [4.69, 9.17) is 0 Å². The van der Waals surface area contributed by atoms with Crippen LogP contribution in [0, 0.1) is 0 Å². The molecule has 0 bridgehead atoms. The number of nitrogens with zero attached hydrogens (tertiary/aromatic N) is 1. The molecule has 0 aliphatic heterocycles. The lowest BCUT2D eigenvalue weighted by atomic mass is 10.4. The fraction of sp³-hybridized carbons (Fsp3) is 0.909. The summed E-state index contributed by atoms with van der Waals surface area (Å²) in [5, 5.41) is 0. The number of isocyanates is 1. The van der Waals surface area contributed by atoms with Crippen LogP contribution in [-0.4, -0.2) is 19.8 Å². The Bertz CT molecular complexity index is 227. The molecular formula is C11H21NOSi. The molecule has 1 aliphatic carbocycles. The maximum atomic E-state index is 10.4. The molecule has 2 nitrogen and oxygen atoms in total. The molecule has 0 aromatic rings. The summed E-state index contributed by atoms with van der Waals surface area (Å²) in [6.07, 6.45) is 8.25. The zero-order valence-electron chi connectivity index (χ0n) is 9.55. The molecule has 1 unspecified atom stereocenters. The highest BCUT2D eigenvalue weighted by Gasteiger charge is 2.39. The first-order valence-electron chi connectivity index (χ1n) is 5.70. The third-order valence-corrected chi connectivity index (χ3v) is 8.80. The SMILES string of the molecule is CCC(N=C=O)[Si](C)(C)C1CCCC1. The Kier molecular flexibility index (Phi) is 4.08. The minimum atomic E-state index is -1.35. The van der Waals surface area contributed by atoms with Gasteiger partial charge < -0.3 is 0 Å². The first-order chi connectivity index (χ1) is 6.62. The highest BCUT2D eigenvalue weighted by molar-refractivity contribution is 6.80. The van der Waals surface area contributed by atoms with Crippen molar-refractivity contribution in [3.05, 3.63) is 0 Å². The molecule has 3 heteroatoms. The predicted molar refractivity (Wildman–Crippen MR) is 61.9 cm³/mol. The quantitative estimate of drug-likeness (QED) is 0.398. The molecule has 1 fully saturated rings. The maximum absolute atomic E-state index is 10.4. The van der Waals surface area contributed by atoms with Gasteiger partial charge in [0.15, 0.2) is 0 Å². The topological polar surface area (TPSA) is 29.4 Å². The summed E-state index contributed by atoms with van der Waals surface area (Å²) in [7, 11) is -1.35. The first-order valence-corrected chi connectivity index (χ1v) is 8.85. The summed E-state index contributed by atoms with van der Waals surface area (Å²) in [4.78, 5) is 14.4. The summed E-state index contributed by atoms with van der Waals surface area (Å²) in [5.41, 5.74) is 1.17. The van der Waals surface area contributed by atoms with Crippen LogP contribution in [0.2, 0.25) is 18.6 Å². The minimum Gasteiger partial charge on any atom is -0.211 e. The average Bonchev–Trinajstić information content (AvgIpc) is 2.66. The van der Waals surface area contributed by atoms with E-state index < -0.39 is 8.07 Å². The van der Waals surface area contributed by atoms with Crippen LogP contribution in [0.15, 0.2) is 4.99 Å². The molecule has 0 amide bonds. The van der Waals surface area contributed by atoms with E-state index >= 15 is 0 Å². The van der Waals surface area contributed by atoms with Crippen molar-refractivity contribution in [3.8, 4) is 0 Å². The molecule has 1 atom stereocenters. The second-order valence-corrected chi connectivity index (χ2v) is 10.1. The molecule has 0 saturated heterocycles. The van der Waals surface area contributed by atoms with Crippen molar-refractivity contribution in [3.63, 3.8) is 0 Å². The van der Waals surface area contributed by atoms with Gasteiger partial charge in [-0.25, -0.2) is 9.79 Å². The second-order valence-electron chi connectivity index (χ2n) is 4.95. The summed E-state index contributed by atoms with van der Waals surface area (Å²) in [5.74, 6) is 0. The fourth-order valence-electron chi connectivity index (χ4n) is 2.79. The number of hydrogen-bond acceptors (Lipinski definition) is 2. The van der Waals surface area contributed by atoms with Crippen molar-refractivity contribution in [1.82, 2.24) is 0 Å². The molecule has 0 aromatic heterocycles. The standard InChI is InChI=1S/C11H21NOSi/c1-4-11(12-9-13)14(2,3)10-7-5-6-8-10/h10-11H,4-8H2,1-3H3. The highest BCUT2D eigenvalue weighted by Crippen LogP contribution is 2.41. The number of aliphatic imine (C=N–C) groups is 1. The lowest BCUT2D eigenvalue weighted by Gasteiger charge is -2.33. The van der Waals surface area contributed by atoms with Crippen LogP contribution in [0.1, 0.15) is 39.0 Å². The van der Waals surface area contributed by atoms with Gasteiger partial charge in [-0.3, -0.25) is 0 Å². The fourth-order valence-corrected chi connectivity index (χ4v) is 6.67. The molecule has 1 saturated carbocycles. The first kappa shape index (κ1) is 11.7. The Morgan fingerprint density at radius 1 is 1.43 bits per heavy atom. The Hall–Kier alpha value is -0.403. The largest absolute Gasteiger partial charge is 0.234 e. The number of rotatable bonds is 4. The van der Waals surface area contributed by atoms with Crippen molar-refractivity contribution in [1.29, 1.82) is 0 Å². The summed E-state index contributed by atoms with van der Waals surface area (Å²) in [6.45, 7) is 6.91. The predicted octanol–water partition coefficient (Wildman–Crippen LogP) is 3.29. The summed E-state index contributed by atoms with van der Waals surface area (Å²) >= 11 is 0. The van der Waals surface area contributed by atoms with E-state index in [-0.39, 0.29) is 0 Å². The van der Waals surface area contributed by atoms with Crippen LogP contribution in [-0.2, 0) is 4.79 Å². The van der Waals surface area contributed by atoms with E-state index in [1.165, 1.54) is 25.7 Å². The second kappa shape index (κ2) is 4.90. The number of carbonyl (C=O) groups excluding carboxylic acids is 1. The van der Waals surface area contributed by atoms with Crippen LogP contribution in [0.25, 0.3) is 0 Å². The van der Waals surface area contributed by atoms with Gasteiger partial charge in [-0.1, -0.05) is 45.7 Å². The van der Waals surface area contributed by atoms with Crippen LogP contribution in [0.4, 0.5) is 0 Å². The molecule has 0 aromatic carbocycles. The van der Waals surface area contributed by atoms with Crippen LogP contribution in [0.5, 0.6) is 0 Å². The molecule has 0 radical (unpaired) electrons. The molecule has 0 heterocycles. The molecule has 14 heavy (non-hydrogen) atoms. The lowest BCUT2D eigenvalue weighted by Crippen LogP contribution is -2.43. The van der Waals surface area contributed by atoms with Crippen molar-refractivity contribution in [2.75, 3.05) is 0 Å². The van der Waals surface area contributed by atoms with E-state index in [0.717, 1.165) is 12.0 Å². The van der Waals surface area contributed by atoms with Crippen LogP contribution in [0.3, 0.4) is 0 Å². The monoisotopic (exact) mass is 211 g/mol. The van der Waals surface area contributed by atoms with Crippen molar-refractivity contribution in [2.24, 2.45) is 4.99 Å². The van der Waals surface area contributed by atoms with E-state index in [9.17, 15) is 4.79 Å². The van der Waals surface area contributed by atoms with Crippen molar-refractivity contribution in [2.45, 2.75) is 63.3 Å². The Labute approximate surface area is 87.8 Å². The smallest absolute Gasteiger partial charge is 0.211 e. The molecule has 1 rings (SSSR count). The van der Waals surface area contributed by atoms with Gasteiger partial charge in [0.25, 0.3) is 0 Å². The van der Waals surface area contributed by atoms with Gasteiger partial charge in [-0.2, -0.15) is 0 Å². The zero-order valence-corrected chi connectivity index (χ0v) is 10.5. The maximum Gasteiger partial charge on any atom is 0.234 e. The summed E-state index contributed by atoms with van der Waals surface area (Å²) < 4.78 is 0. The van der Waals surface area contributed by atoms with Gasteiger partial charge in [-0.05, 0) is 12.0 Å². The van der Waals surface area contributed by atoms with Crippen LogP contribution >= 0.6 is 0 Å². The van der Waals surface area contributed by atoms with Gasteiger partial charge in [0.2, 0.25) is 6.08 Å². The van der Waals surface area contributed by atoms with Gasteiger partial charge in [0.05, 0.1) is 13.7 Å². The zero-order chi connectivity index (χ0) is 10.6. The van der Waals surface area contributed by atoms with Crippen molar-refractivity contribution >= 4 is 14.2 Å².